The fourth-order valence-electron chi connectivity index (χ4n) is 3.29. The lowest BCUT2D eigenvalue weighted by Crippen LogP contribution is -2.21. The first-order valence-corrected chi connectivity index (χ1v) is 10.6. The third kappa shape index (κ3) is 6.35. The molecule has 3 rings (SSSR count). The Balaban J connectivity index is 1.70. The molecule has 0 aliphatic heterocycles. The summed E-state index contributed by atoms with van der Waals surface area (Å²) in [5.41, 5.74) is 3.03. The number of non-ortho nitro benzene ring substituents is 1. The largest absolute Gasteiger partial charge is 0.449 e. The second-order valence-electron chi connectivity index (χ2n) is 7.82. The molecule has 3 aromatic rings. The van der Waals surface area contributed by atoms with Gasteiger partial charge in [-0.3, -0.25) is 24.5 Å². The van der Waals surface area contributed by atoms with Gasteiger partial charge < -0.3 is 10.1 Å². The highest BCUT2D eigenvalue weighted by molar-refractivity contribution is 6.01. The summed E-state index contributed by atoms with van der Waals surface area (Å²) in [6.45, 7) is 3.78. The summed E-state index contributed by atoms with van der Waals surface area (Å²) < 4.78 is 5.46. The van der Waals surface area contributed by atoms with Gasteiger partial charge in [0.2, 0.25) is 11.7 Å². The molecule has 1 amide bonds. The van der Waals surface area contributed by atoms with Gasteiger partial charge in [-0.2, -0.15) is 0 Å². The Hall–Kier alpha value is -4.33. The molecule has 34 heavy (non-hydrogen) atoms. The molecule has 0 bridgehead atoms. The molecule has 0 spiro atoms. The van der Waals surface area contributed by atoms with Gasteiger partial charge in [0.15, 0.2) is 6.10 Å². The van der Waals surface area contributed by atoms with Crippen LogP contribution in [0.3, 0.4) is 0 Å². The molecule has 3 aromatic carbocycles. The molecule has 0 saturated heterocycles. The fourth-order valence-corrected chi connectivity index (χ4v) is 3.29. The molecule has 174 valence electrons. The number of Topliss-reactive ketones (excluding diaryl/α,β-unsaturated/α-hetero) is 1. The van der Waals surface area contributed by atoms with Crippen LogP contribution in [0.1, 0.15) is 46.0 Å². The number of hydrogen-bond acceptors (Lipinski definition) is 6. The molecule has 0 aliphatic carbocycles. The number of rotatable bonds is 9. The number of ketones is 1. The fraction of sp³-hybridized carbons (Fsp3) is 0.192. The van der Waals surface area contributed by atoms with E-state index in [2.05, 4.69) is 5.32 Å². The second kappa shape index (κ2) is 11.0. The number of aryl methyl sites for hydroxylation is 2. The average molecular weight is 460 g/mol. The van der Waals surface area contributed by atoms with Crippen LogP contribution in [0.25, 0.3) is 0 Å². The lowest BCUT2D eigenvalue weighted by molar-refractivity contribution is -0.384. The molecular formula is C26H24N2O6. The molecule has 8 nitrogen and oxygen atoms in total. The highest BCUT2D eigenvalue weighted by atomic mass is 16.6. The van der Waals surface area contributed by atoms with Crippen molar-refractivity contribution in [3.05, 3.63) is 105 Å². The first kappa shape index (κ1) is 24.3. The topological polar surface area (TPSA) is 116 Å². The number of esters is 1. The van der Waals surface area contributed by atoms with E-state index >= 15 is 0 Å². The second-order valence-corrected chi connectivity index (χ2v) is 7.82. The number of carbonyl (C=O) groups excluding carboxylic acids is 3. The minimum atomic E-state index is -1.29. The zero-order chi connectivity index (χ0) is 24.7. The Bertz CT molecular complexity index is 1210. The highest BCUT2D eigenvalue weighted by Crippen LogP contribution is 2.26. The normalized spacial score (nSPS) is 11.4. The highest BCUT2D eigenvalue weighted by Gasteiger charge is 2.27. The third-order valence-electron chi connectivity index (χ3n) is 5.18. The monoisotopic (exact) mass is 460 g/mol. The van der Waals surface area contributed by atoms with E-state index in [-0.39, 0.29) is 24.4 Å². The van der Waals surface area contributed by atoms with Crippen LogP contribution in [0, 0.1) is 24.0 Å². The Morgan fingerprint density at radius 1 is 0.941 bits per heavy atom. The van der Waals surface area contributed by atoms with Gasteiger partial charge in [0.05, 0.1) is 11.3 Å². The van der Waals surface area contributed by atoms with Crippen molar-refractivity contribution >= 4 is 29.0 Å². The molecule has 0 fully saturated rings. The van der Waals surface area contributed by atoms with E-state index in [1.807, 2.05) is 32.0 Å². The smallest absolute Gasteiger partial charge is 0.307 e. The van der Waals surface area contributed by atoms with E-state index in [1.165, 1.54) is 24.3 Å². The maximum absolute atomic E-state index is 13.1. The van der Waals surface area contributed by atoms with Crippen molar-refractivity contribution < 1.29 is 24.0 Å². The summed E-state index contributed by atoms with van der Waals surface area (Å²) in [6, 6.07) is 19.2. The van der Waals surface area contributed by atoms with Crippen molar-refractivity contribution in [1.29, 1.82) is 0 Å². The van der Waals surface area contributed by atoms with E-state index in [0.29, 0.717) is 16.8 Å². The number of ether oxygens (including phenoxy) is 1. The first-order chi connectivity index (χ1) is 16.2. The summed E-state index contributed by atoms with van der Waals surface area (Å²) in [5.74, 6) is -1.56. The zero-order valence-electron chi connectivity index (χ0n) is 18.8. The number of benzene rings is 3. The van der Waals surface area contributed by atoms with Crippen LogP contribution < -0.4 is 5.32 Å². The standard InChI is InChI=1S/C26H24N2O6/c1-17-8-9-18(2)22(16-17)27-23(29)14-15-24(30)34-26(25(31)19-6-4-3-5-7-19)20-10-12-21(13-11-20)28(32)33/h3-13,16,26H,14-15H2,1-2H3,(H,27,29)/t26-/m1/s1. The van der Waals surface area contributed by atoms with Gasteiger partial charge in [-0.05, 0) is 43.2 Å². The van der Waals surface area contributed by atoms with Gasteiger partial charge >= 0.3 is 5.97 Å². The van der Waals surface area contributed by atoms with Gasteiger partial charge in [0.1, 0.15) is 0 Å². The molecule has 0 saturated carbocycles. The summed E-state index contributed by atoms with van der Waals surface area (Å²) in [7, 11) is 0. The Morgan fingerprint density at radius 2 is 1.62 bits per heavy atom. The van der Waals surface area contributed by atoms with E-state index < -0.39 is 22.8 Å². The van der Waals surface area contributed by atoms with Crippen molar-refractivity contribution in [2.45, 2.75) is 32.8 Å². The molecule has 0 unspecified atom stereocenters. The number of amides is 1. The van der Waals surface area contributed by atoms with Crippen LogP contribution in [0.4, 0.5) is 11.4 Å². The summed E-state index contributed by atoms with van der Waals surface area (Å²) >= 11 is 0. The molecule has 0 aliphatic rings. The average Bonchev–Trinajstić information content (AvgIpc) is 2.83. The Labute approximate surface area is 196 Å². The van der Waals surface area contributed by atoms with Gasteiger partial charge in [-0.1, -0.05) is 42.5 Å². The van der Waals surface area contributed by atoms with Crippen molar-refractivity contribution in [2.75, 3.05) is 5.32 Å². The number of nitrogens with zero attached hydrogens (tertiary/aromatic N) is 1. The van der Waals surface area contributed by atoms with Crippen LogP contribution in [0.2, 0.25) is 0 Å². The van der Waals surface area contributed by atoms with Gasteiger partial charge in [0.25, 0.3) is 5.69 Å². The molecule has 8 heteroatoms. The number of anilines is 1. The van der Waals surface area contributed by atoms with Crippen molar-refractivity contribution in [3.63, 3.8) is 0 Å². The predicted molar refractivity (Wildman–Crippen MR) is 126 cm³/mol. The maximum Gasteiger partial charge on any atom is 0.307 e. The molecule has 1 atom stereocenters. The maximum atomic E-state index is 13.1. The van der Waals surface area contributed by atoms with Gasteiger partial charge in [0, 0.05) is 35.4 Å². The molecule has 1 N–H and O–H groups in total. The van der Waals surface area contributed by atoms with E-state index in [1.54, 1.807) is 30.3 Å². The number of nitro benzene ring substituents is 1. The van der Waals surface area contributed by atoms with Crippen molar-refractivity contribution in [2.24, 2.45) is 0 Å². The Kier molecular flexibility index (Phi) is 7.87. The quantitative estimate of drug-likeness (QED) is 0.206. The molecule has 0 radical (unpaired) electrons. The summed E-state index contributed by atoms with van der Waals surface area (Å²) in [6.07, 6.45) is -1.65. The van der Waals surface area contributed by atoms with E-state index in [4.69, 9.17) is 4.74 Å². The third-order valence-corrected chi connectivity index (χ3v) is 5.18. The number of hydrogen-bond donors (Lipinski definition) is 1. The number of carbonyl (C=O) groups is 3. The van der Waals surface area contributed by atoms with Crippen LogP contribution in [0.5, 0.6) is 0 Å². The molecule has 0 heterocycles. The lowest BCUT2D eigenvalue weighted by atomic mass is 9.99. The Morgan fingerprint density at radius 3 is 2.26 bits per heavy atom. The van der Waals surface area contributed by atoms with Crippen LogP contribution >= 0.6 is 0 Å². The van der Waals surface area contributed by atoms with Gasteiger partial charge in [-0.25, -0.2) is 0 Å². The summed E-state index contributed by atoms with van der Waals surface area (Å²) in [5, 5.41) is 13.7. The van der Waals surface area contributed by atoms with E-state index in [0.717, 1.165) is 11.1 Å². The zero-order valence-corrected chi connectivity index (χ0v) is 18.8. The molecule has 0 aromatic heterocycles. The van der Waals surface area contributed by atoms with Crippen LogP contribution in [0.15, 0.2) is 72.8 Å². The SMILES string of the molecule is Cc1ccc(C)c(NC(=O)CCC(=O)O[C@@H](C(=O)c2ccccc2)c2ccc([N+](=O)[O-])cc2)c1. The van der Waals surface area contributed by atoms with Gasteiger partial charge in [-0.15, -0.1) is 0 Å². The summed E-state index contributed by atoms with van der Waals surface area (Å²) in [4.78, 5) is 48.3. The molecular weight excluding hydrogens is 436 g/mol. The van der Waals surface area contributed by atoms with E-state index in [9.17, 15) is 24.5 Å². The lowest BCUT2D eigenvalue weighted by Gasteiger charge is -2.17. The van der Waals surface area contributed by atoms with Crippen LogP contribution in [-0.2, 0) is 14.3 Å². The van der Waals surface area contributed by atoms with Crippen molar-refractivity contribution in [1.82, 2.24) is 0 Å². The van der Waals surface area contributed by atoms with Crippen LogP contribution in [-0.4, -0.2) is 22.6 Å². The minimum absolute atomic E-state index is 0.126. The number of nitro groups is 1. The first-order valence-electron chi connectivity index (χ1n) is 10.6. The predicted octanol–water partition coefficient (Wildman–Crippen LogP) is 5.10. The minimum Gasteiger partial charge on any atom is -0.449 e. The number of nitrogens with one attached hydrogen (secondary N) is 1. The van der Waals surface area contributed by atoms with Crippen molar-refractivity contribution in [3.8, 4) is 0 Å².